The van der Waals surface area contributed by atoms with E-state index in [9.17, 15) is 0 Å². The Kier molecular flexibility index (Phi) is 13.6. The van der Waals surface area contributed by atoms with E-state index in [1.165, 1.54) is 0 Å². The van der Waals surface area contributed by atoms with Gasteiger partial charge in [-0.1, -0.05) is 4.57 Å². The van der Waals surface area contributed by atoms with Gasteiger partial charge in [0.05, 0.1) is 7.82 Å². The minimum absolute atomic E-state index is 0. The summed E-state index contributed by atoms with van der Waals surface area (Å²) in [7, 11) is -8.51. The Hall–Kier alpha value is 0.844. The molecule has 1 N–H and O–H groups in total. The molecule has 0 saturated heterocycles. The maximum Gasteiger partial charge on any atom is 4.00 e. The van der Waals surface area contributed by atoms with Gasteiger partial charge in [0, 0.05) is 0 Å². The molecule has 0 unspecified atom stereocenters. The molecule has 0 aromatic carbocycles. The standard InChI is InChI=1S/H3O4P.HO3P.Ti/c1-5(2,3)4;1-4(2)3;/h(H3,1,2,3,4);(H,1,2,3);/q;;+4/p-3. The Bertz CT molecular complexity index is 111. The fourth-order valence-electron chi connectivity index (χ4n) is 0. The summed E-state index contributed by atoms with van der Waals surface area (Å²) in [5.74, 6) is 0. The van der Waals surface area contributed by atoms with Crippen molar-refractivity contribution in [3.63, 3.8) is 0 Å². The number of rotatable bonds is 0. The minimum atomic E-state index is -5.14. The predicted molar refractivity (Wildman–Crippen MR) is 17.4 cm³/mol. The molecule has 0 spiro atoms. The van der Waals surface area contributed by atoms with Gasteiger partial charge in [-0.25, -0.2) is 0 Å². The molecule has 0 aromatic rings. The molecule has 0 fully saturated rings. The zero-order valence-corrected chi connectivity index (χ0v) is 7.64. The van der Waals surface area contributed by atoms with Gasteiger partial charge in [-0.05, 0) is 0 Å². The van der Waals surface area contributed by atoms with E-state index in [1.54, 1.807) is 0 Å². The van der Waals surface area contributed by atoms with E-state index in [0.717, 1.165) is 0 Å². The van der Waals surface area contributed by atoms with Gasteiger partial charge in [-0.3, -0.25) is 0 Å². The van der Waals surface area contributed by atoms with Crippen molar-refractivity contribution < 1.29 is 55.3 Å². The summed E-state index contributed by atoms with van der Waals surface area (Å²) in [5.41, 5.74) is 0. The first-order chi connectivity index (χ1) is 3.73. The molecule has 0 aliphatic carbocycles. The van der Waals surface area contributed by atoms with Gasteiger partial charge in [-0.15, -0.1) is 0 Å². The van der Waals surface area contributed by atoms with Crippen LogP contribution in [-0.4, -0.2) is 4.89 Å². The van der Waals surface area contributed by atoms with Crippen LogP contribution in [0.3, 0.4) is 0 Å². The molecule has 0 saturated carbocycles. The predicted octanol–water partition coefficient (Wildman–Crippen LogP) is -3.83. The molecule has 10 heteroatoms. The Balaban J connectivity index is -0.0000000910. The van der Waals surface area contributed by atoms with E-state index < -0.39 is 16.1 Å². The molecule has 7 nitrogen and oxygen atoms in total. The summed E-state index contributed by atoms with van der Waals surface area (Å²) in [6, 6.07) is 0. The van der Waals surface area contributed by atoms with Crippen LogP contribution in [-0.2, 0) is 30.8 Å². The average Bonchev–Trinajstić information content (AvgIpc) is 1.19. The van der Waals surface area contributed by atoms with E-state index in [0.29, 0.717) is 0 Å². The molecule has 0 rings (SSSR count). The molecule has 0 aliphatic rings. The second-order valence-electron chi connectivity index (χ2n) is 0.692. The maximum atomic E-state index is 8.66. The first-order valence-electron chi connectivity index (χ1n) is 1.30. The summed E-state index contributed by atoms with van der Waals surface area (Å²) in [4.78, 5) is 41.2. The van der Waals surface area contributed by atoms with Crippen molar-refractivity contribution in [1.29, 1.82) is 0 Å². The zero-order valence-electron chi connectivity index (χ0n) is 4.29. The summed E-state index contributed by atoms with van der Waals surface area (Å²) in [6.07, 6.45) is 0. The van der Waals surface area contributed by atoms with Gasteiger partial charge < -0.3 is 29.0 Å². The first kappa shape index (κ1) is 17.1. The van der Waals surface area contributed by atoms with Crippen LogP contribution in [0.25, 0.3) is 0 Å². The van der Waals surface area contributed by atoms with Gasteiger partial charge in [0.1, 0.15) is 0 Å². The zero-order chi connectivity index (χ0) is 8.08. The summed E-state index contributed by atoms with van der Waals surface area (Å²) < 4.78 is 17.1. The van der Waals surface area contributed by atoms with Crippen molar-refractivity contribution >= 4 is 16.1 Å². The summed E-state index contributed by atoms with van der Waals surface area (Å²) >= 11 is 0. The topological polar surface area (TPSA) is 147 Å². The summed E-state index contributed by atoms with van der Waals surface area (Å²) in [6.45, 7) is 0. The van der Waals surface area contributed by atoms with E-state index in [4.69, 9.17) is 33.6 Å². The van der Waals surface area contributed by atoms with Crippen molar-refractivity contribution in [3.8, 4) is 0 Å². The maximum absolute atomic E-state index is 8.66. The summed E-state index contributed by atoms with van der Waals surface area (Å²) in [5, 5.41) is 0. The van der Waals surface area contributed by atoms with Crippen molar-refractivity contribution in [1.82, 2.24) is 0 Å². The largest absolute Gasteiger partial charge is 4.00 e. The van der Waals surface area contributed by atoms with Crippen LogP contribution in [0.2, 0.25) is 0 Å². The monoisotopic (exact) mass is 223 g/mol. The second kappa shape index (κ2) is 7.95. The van der Waals surface area contributed by atoms with Crippen LogP contribution < -0.4 is 19.6 Å². The van der Waals surface area contributed by atoms with Gasteiger partial charge in [0.15, 0.2) is 0 Å². The van der Waals surface area contributed by atoms with Gasteiger partial charge in [0.2, 0.25) is 0 Å². The first-order valence-corrected chi connectivity index (χ1v) is 3.89. The van der Waals surface area contributed by atoms with Crippen LogP contribution in [0.1, 0.15) is 0 Å². The Morgan fingerprint density at radius 1 is 1.30 bits per heavy atom. The van der Waals surface area contributed by atoms with Gasteiger partial charge in [0.25, 0.3) is 8.25 Å². The van der Waals surface area contributed by atoms with Crippen molar-refractivity contribution in [2.45, 2.75) is 0 Å². The second-order valence-corrected chi connectivity index (χ2v) is 2.08. The van der Waals surface area contributed by atoms with E-state index in [-0.39, 0.29) is 21.7 Å². The molecule has 0 aromatic heterocycles. The van der Waals surface area contributed by atoms with Crippen LogP contribution in [0.4, 0.5) is 0 Å². The fourth-order valence-corrected chi connectivity index (χ4v) is 0. The normalized spacial score (nSPS) is 8.50. The number of hydrogen-bond acceptors (Lipinski definition) is 6. The molecule has 0 atom stereocenters. The van der Waals surface area contributed by atoms with E-state index >= 15 is 0 Å². The fraction of sp³-hybridized carbons (Fsp3) is 0. The third-order valence-electron chi connectivity index (χ3n) is 0. The van der Waals surface area contributed by atoms with Crippen LogP contribution in [0, 0.1) is 0 Å². The SMILES string of the molecule is O=P([O-])([O-])O.O=[P+]([O-])[O-].[Ti+4]. The molecular formula is HO7P2Ti+. The quantitative estimate of drug-likeness (QED) is 0.326. The molecular weight excluding hydrogens is 222 g/mol. The number of phosphoric acid groups is 1. The smallest absolute Gasteiger partial charge is 0.790 e. The molecule has 0 amide bonds. The molecule has 0 radical (unpaired) electrons. The molecule has 0 bridgehead atoms. The Morgan fingerprint density at radius 2 is 1.30 bits per heavy atom. The van der Waals surface area contributed by atoms with Gasteiger partial charge >= 0.3 is 21.7 Å². The van der Waals surface area contributed by atoms with Crippen LogP contribution >= 0.6 is 16.1 Å². The molecule has 56 valence electrons. The third kappa shape index (κ3) is 763. The van der Waals surface area contributed by atoms with E-state index in [2.05, 4.69) is 0 Å². The third-order valence-corrected chi connectivity index (χ3v) is 0. The average molecular weight is 223 g/mol. The van der Waals surface area contributed by atoms with Crippen LogP contribution in [0.5, 0.6) is 0 Å². The van der Waals surface area contributed by atoms with Crippen molar-refractivity contribution in [3.05, 3.63) is 0 Å². The Labute approximate surface area is 71.8 Å². The van der Waals surface area contributed by atoms with Crippen molar-refractivity contribution in [2.24, 2.45) is 0 Å². The number of hydrogen-bond donors (Lipinski definition) is 1. The van der Waals surface area contributed by atoms with Gasteiger partial charge in [-0.2, -0.15) is 0 Å². The molecule has 0 heterocycles. The minimum Gasteiger partial charge on any atom is -0.790 e. The molecule has 10 heavy (non-hydrogen) atoms. The van der Waals surface area contributed by atoms with Crippen molar-refractivity contribution in [2.75, 3.05) is 0 Å². The van der Waals surface area contributed by atoms with Crippen LogP contribution in [0.15, 0.2) is 0 Å². The Morgan fingerprint density at radius 3 is 1.30 bits per heavy atom. The molecule has 0 aliphatic heterocycles. The van der Waals surface area contributed by atoms with E-state index in [1.807, 2.05) is 0 Å².